The third-order valence-corrected chi connectivity index (χ3v) is 4.30. The number of esters is 1. The molecule has 2 heterocycles. The second kappa shape index (κ2) is 7.39. The average molecular weight is 313 g/mol. The molecule has 1 saturated heterocycles. The molecule has 1 aliphatic rings. The zero-order chi connectivity index (χ0) is 15.2. The van der Waals surface area contributed by atoms with Gasteiger partial charge in [-0.2, -0.15) is 0 Å². The molecule has 1 aromatic rings. The second-order valence-electron chi connectivity index (χ2n) is 4.80. The third kappa shape index (κ3) is 4.16. The topological polar surface area (TPSA) is 90.2 Å². The minimum absolute atomic E-state index is 0.00278. The molecule has 1 aromatic heterocycles. The zero-order valence-electron chi connectivity index (χ0n) is 12.2. The van der Waals surface area contributed by atoms with E-state index < -0.39 is 0 Å². The van der Waals surface area contributed by atoms with Crippen molar-refractivity contribution in [3.63, 3.8) is 0 Å². The Balaban J connectivity index is 1.84. The molecular weight excluding hydrogens is 294 g/mol. The third-order valence-electron chi connectivity index (χ3n) is 3.30. The molecular formula is C12H19N5O3S. The minimum atomic E-state index is -0.208. The van der Waals surface area contributed by atoms with Crippen LogP contribution in [0, 0.1) is 5.92 Å². The van der Waals surface area contributed by atoms with Gasteiger partial charge in [-0.25, -0.2) is 4.68 Å². The van der Waals surface area contributed by atoms with E-state index in [1.807, 2.05) is 0 Å². The number of likely N-dealkylation sites (tertiary alicyclic amines) is 1. The van der Waals surface area contributed by atoms with Crippen molar-refractivity contribution in [2.24, 2.45) is 13.0 Å². The normalized spacial score (nSPS) is 18.6. The van der Waals surface area contributed by atoms with Crippen LogP contribution in [-0.4, -0.2) is 62.4 Å². The number of nitrogens with zero attached hydrogens (tertiary/aromatic N) is 5. The lowest BCUT2D eigenvalue weighted by molar-refractivity contribution is -0.151. The number of carbonyl (C=O) groups excluding carboxylic acids is 2. The molecule has 0 radical (unpaired) electrons. The second-order valence-corrected chi connectivity index (χ2v) is 5.75. The highest BCUT2D eigenvalue weighted by Crippen LogP contribution is 2.20. The van der Waals surface area contributed by atoms with Gasteiger partial charge in [0.2, 0.25) is 11.1 Å². The number of aryl methyl sites for hydroxylation is 1. The summed E-state index contributed by atoms with van der Waals surface area (Å²) < 4.78 is 6.56. The van der Waals surface area contributed by atoms with Gasteiger partial charge in [0.1, 0.15) is 0 Å². The number of amides is 1. The first-order valence-electron chi connectivity index (χ1n) is 6.91. The van der Waals surface area contributed by atoms with Crippen molar-refractivity contribution in [2.45, 2.75) is 24.9 Å². The number of hydrogen-bond acceptors (Lipinski definition) is 7. The van der Waals surface area contributed by atoms with Crippen molar-refractivity contribution in [2.75, 3.05) is 25.4 Å². The lowest BCUT2D eigenvalue weighted by Gasteiger charge is -2.31. The fourth-order valence-electron chi connectivity index (χ4n) is 2.22. The molecule has 0 aliphatic carbocycles. The number of aromatic nitrogens is 4. The van der Waals surface area contributed by atoms with E-state index in [-0.39, 0.29) is 23.5 Å². The van der Waals surface area contributed by atoms with Crippen LogP contribution in [0.5, 0.6) is 0 Å². The molecule has 1 aliphatic heterocycles. The van der Waals surface area contributed by atoms with Gasteiger partial charge in [0, 0.05) is 20.1 Å². The first-order chi connectivity index (χ1) is 10.1. The van der Waals surface area contributed by atoms with Crippen molar-refractivity contribution in [1.29, 1.82) is 0 Å². The molecule has 9 heteroatoms. The Labute approximate surface area is 127 Å². The first-order valence-corrected chi connectivity index (χ1v) is 7.90. The van der Waals surface area contributed by atoms with Crippen LogP contribution in [0.2, 0.25) is 0 Å². The molecule has 2 rings (SSSR count). The van der Waals surface area contributed by atoms with Gasteiger partial charge >= 0.3 is 5.97 Å². The van der Waals surface area contributed by atoms with Gasteiger partial charge in [0.05, 0.1) is 18.3 Å². The summed E-state index contributed by atoms with van der Waals surface area (Å²) in [7, 11) is 1.73. The molecule has 8 nitrogen and oxygen atoms in total. The summed E-state index contributed by atoms with van der Waals surface area (Å²) in [6.07, 6.45) is 1.61. The van der Waals surface area contributed by atoms with Crippen LogP contribution in [0.15, 0.2) is 5.16 Å². The summed E-state index contributed by atoms with van der Waals surface area (Å²) in [5.74, 6) is -0.148. The van der Waals surface area contributed by atoms with E-state index in [1.165, 1.54) is 16.4 Å². The Bertz CT molecular complexity index is 507. The maximum absolute atomic E-state index is 12.2. The number of thioether (sulfide) groups is 1. The molecule has 1 amide bonds. The molecule has 0 spiro atoms. The van der Waals surface area contributed by atoms with Crippen LogP contribution in [-0.2, 0) is 21.4 Å². The predicted octanol–water partition coefficient (Wildman–Crippen LogP) is 0.104. The highest BCUT2D eigenvalue weighted by Gasteiger charge is 2.29. The van der Waals surface area contributed by atoms with Crippen molar-refractivity contribution in [3.8, 4) is 0 Å². The van der Waals surface area contributed by atoms with Crippen LogP contribution >= 0.6 is 11.8 Å². The molecule has 21 heavy (non-hydrogen) atoms. The van der Waals surface area contributed by atoms with Gasteiger partial charge in [-0.3, -0.25) is 9.59 Å². The fourth-order valence-corrected chi connectivity index (χ4v) is 2.97. The molecule has 0 aromatic carbocycles. The quantitative estimate of drug-likeness (QED) is 0.562. The summed E-state index contributed by atoms with van der Waals surface area (Å²) in [4.78, 5) is 25.7. The van der Waals surface area contributed by atoms with Gasteiger partial charge in [0.15, 0.2) is 0 Å². The number of ether oxygens (including phenoxy) is 1. The Morgan fingerprint density at radius 3 is 2.95 bits per heavy atom. The van der Waals surface area contributed by atoms with E-state index in [1.54, 1.807) is 18.9 Å². The van der Waals surface area contributed by atoms with Crippen LogP contribution in [0.4, 0.5) is 0 Å². The van der Waals surface area contributed by atoms with Gasteiger partial charge in [-0.1, -0.05) is 11.8 Å². The summed E-state index contributed by atoms with van der Waals surface area (Å²) in [6.45, 7) is 3.29. The minimum Gasteiger partial charge on any atom is -0.466 e. The molecule has 0 saturated carbocycles. The lowest BCUT2D eigenvalue weighted by Crippen LogP contribution is -2.43. The van der Waals surface area contributed by atoms with E-state index in [0.29, 0.717) is 24.9 Å². The van der Waals surface area contributed by atoms with Crippen molar-refractivity contribution >= 4 is 23.6 Å². The van der Waals surface area contributed by atoms with Gasteiger partial charge in [-0.05, 0) is 30.2 Å². The monoisotopic (exact) mass is 313 g/mol. The standard InChI is InChI=1S/C12H19N5O3S/c1-3-20-11(19)9-5-4-6-17(7-9)10(18)8-21-12-13-14-15-16(12)2/h9H,3-8H2,1-2H3/t9-/m0/s1. The largest absolute Gasteiger partial charge is 0.466 e. The average Bonchev–Trinajstić information content (AvgIpc) is 2.90. The Hall–Kier alpha value is -1.64. The Morgan fingerprint density at radius 2 is 2.29 bits per heavy atom. The van der Waals surface area contributed by atoms with Gasteiger partial charge in [-0.15, -0.1) is 5.10 Å². The van der Waals surface area contributed by atoms with E-state index in [9.17, 15) is 9.59 Å². The Morgan fingerprint density at radius 1 is 1.48 bits per heavy atom. The smallest absolute Gasteiger partial charge is 0.310 e. The van der Waals surface area contributed by atoms with Crippen LogP contribution in [0.25, 0.3) is 0 Å². The molecule has 0 N–H and O–H groups in total. The number of carbonyl (C=O) groups is 2. The summed E-state index contributed by atoms with van der Waals surface area (Å²) in [5, 5.41) is 11.7. The number of tetrazole rings is 1. The predicted molar refractivity (Wildman–Crippen MR) is 75.5 cm³/mol. The van der Waals surface area contributed by atoms with Crippen LogP contribution in [0.3, 0.4) is 0 Å². The van der Waals surface area contributed by atoms with Crippen LogP contribution in [0.1, 0.15) is 19.8 Å². The first kappa shape index (κ1) is 15.7. The Kier molecular flexibility index (Phi) is 5.54. The lowest BCUT2D eigenvalue weighted by atomic mass is 9.98. The van der Waals surface area contributed by atoms with E-state index in [2.05, 4.69) is 15.5 Å². The highest BCUT2D eigenvalue weighted by atomic mass is 32.2. The van der Waals surface area contributed by atoms with Crippen molar-refractivity contribution in [3.05, 3.63) is 0 Å². The maximum atomic E-state index is 12.2. The van der Waals surface area contributed by atoms with E-state index in [0.717, 1.165) is 12.8 Å². The molecule has 0 unspecified atom stereocenters. The van der Waals surface area contributed by atoms with E-state index in [4.69, 9.17) is 4.74 Å². The van der Waals surface area contributed by atoms with E-state index >= 15 is 0 Å². The number of rotatable bonds is 5. The molecule has 0 bridgehead atoms. The van der Waals surface area contributed by atoms with Crippen molar-refractivity contribution in [1.82, 2.24) is 25.1 Å². The SMILES string of the molecule is CCOC(=O)[C@H]1CCCN(C(=O)CSc2nnnn2C)C1. The van der Waals surface area contributed by atoms with Crippen LogP contribution < -0.4 is 0 Å². The summed E-state index contributed by atoms with van der Waals surface area (Å²) >= 11 is 1.29. The zero-order valence-corrected chi connectivity index (χ0v) is 13.0. The van der Waals surface area contributed by atoms with Gasteiger partial charge in [0.25, 0.3) is 0 Å². The van der Waals surface area contributed by atoms with Crippen molar-refractivity contribution < 1.29 is 14.3 Å². The summed E-state index contributed by atoms with van der Waals surface area (Å²) in [6, 6.07) is 0. The number of piperidine rings is 1. The van der Waals surface area contributed by atoms with Gasteiger partial charge < -0.3 is 9.64 Å². The summed E-state index contributed by atoms with van der Waals surface area (Å²) in [5.41, 5.74) is 0. The number of hydrogen-bond donors (Lipinski definition) is 0. The molecule has 116 valence electrons. The highest BCUT2D eigenvalue weighted by molar-refractivity contribution is 7.99. The molecule has 1 fully saturated rings. The molecule has 1 atom stereocenters. The fraction of sp³-hybridized carbons (Fsp3) is 0.750. The maximum Gasteiger partial charge on any atom is 0.310 e.